The molecule has 3 rings (SSSR count). The molecule has 1 heterocycles. The molecule has 0 radical (unpaired) electrons. The smallest absolute Gasteiger partial charge is 0.248 e. The van der Waals surface area contributed by atoms with Crippen molar-refractivity contribution in [2.75, 3.05) is 46.7 Å². The fourth-order valence-electron chi connectivity index (χ4n) is 3.89. The van der Waals surface area contributed by atoms with Gasteiger partial charge in [-0.05, 0) is 54.8 Å². The van der Waals surface area contributed by atoms with E-state index in [1.165, 1.54) is 11.4 Å². The van der Waals surface area contributed by atoms with Crippen LogP contribution in [0.2, 0.25) is 0 Å². The minimum absolute atomic E-state index is 0.0871. The molecule has 0 spiro atoms. The SMILES string of the molecule is COc1cc(C)c(S(=O)(=O)N(C)CCOCC(=O)N(C)Cc2ccc3nc(N)n(C)c3c2)c(C)c1. The Labute approximate surface area is 206 Å². The van der Waals surface area contributed by atoms with Gasteiger partial charge in [-0.2, -0.15) is 4.31 Å². The summed E-state index contributed by atoms with van der Waals surface area (Å²) in [4.78, 5) is 18.6. The van der Waals surface area contributed by atoms with Crippen LogP contribution in [0.25, 0.3) is 11.0 Å². The number of carbonyl (C=O) groups is 1. The van der Waals surface area contributed by atoms with Crippen LogP contribution in [0.1, 0.15) is 16.7 Å². The Morgan fingerprint density at radius 1 is 1.14 bits per heavy atom. The van der Waals surface area contributed by atoms with Crippen molar-refractivity contribution in [3.05, 3.63) is 47.0 Å². The summed E-state index contributed by atoms with van der Waals surface area (Å²) in [5.41, 5.74) is 9.70. The molecular weight excluding hydrogens is 470 g/mol. The van der Waals surface area contributed by atoms with Crippen LogP contribution < -0.4 is 10.5 Å². The van der Waals surface area contributed by atoms with Gasteiger partial charge in [0.05, 0.1) is 29.6 Å². The van der Waals surface area contributed by atoms with E-state index in [1.54, 1.807) is 49.6 Å². The summed E-state index contributed by atoms with van der Waals surface area (Å²) in [6, 6.07) is 9.12. The number of rotatable bonds is 10. The van der Waals surface area contributed by atoms with Gasteiger partial charge in [0.15, 0.2) is 0 Å². The lowest BCUT2D eigenvalue weighted by atomic mass is 10.1. The number of hydrogen-bond donors (Lipinski definition) is 1. The monoisotopic (exact) mass is 503 g/mol. The summed E-state index contributed by atoms with van der Waals surface area (Å²) in [5, 5.41) is 0. The second-order valence-corrected chi connectivity index (χ2v) is 10.6. The van der Waals surface area contributed by atoms with E-state index >= 15 is 0 Å². The summed E-state index contributed by atoms with van der Waals surface area (Å²) in [6.45, 7) is 3.93. The second kappa shape index (κ2) is 10.6. The van der Waals surface area contributed by atoms with Crippen molar-refractivity contribution < 1.29 is 22.7 Å². The molecule has 0 saturated carbocycles. The number of benzene rings is 2. The van der Waals surface area contributed by atoms with Crippen molar-refractivity contribution in [2.45, 2.75) is 25.3 Å². The molecule has 2 aromatic carbocycles. The van der Waals surface area contributed by atoms with Gasteiger partial charge in [-0.25, -0.2) is 13.4 Å². The number of hydrogen-bond acceptors (Lipinski definition) is 7. The number of methoxy groups -OCH3 is 1. The summed E-state index contributed by atoms with van der Waals surface area (Å²) < 4.78 is 39.9. The van der Waals surface area contributed by atoms with Crippen molar-refractivity contribution in [2.24, 2.45) is 7.05 Å². The highest BCUT2D eigenvalue weighted by Gasteiger charge is 2.25. The molecule has 0 saturated heterocycles. The molecule has 0 unspecified atom stereocenters. The number of carbonyl (C=O) groups excluding carboxylic acids is 1. The highest BCUT2D eigenvalue weighted by atomic mass is 32.2. The number of sulfonamides is 1. The van der Waals surface area contributed by atoms with Crippen LogP contribution >= 0.6 is 0 Å². The Morgan fingerprint density at radius 2 is 1.80 bits per heavy atom. The quantitative estimate of drug-likeness (QED) is 0.421. The summed E-state index contributed by atoms with van der Waals surface area (Å²) >= 11 is 0. The number of fused-ring (bicyclic) bond motifs is 1. The number of amides is 1. The third-order valence-electron chi connectivity index (χ3n) is 5.94. The lowest BCUT2D eigenvalue weighted by molar-refractivity contribution is -0.135. The van der Waals surface area contributed by atoms with Crippen LogP contribution in [0.4, 0.5) is 5.95 Å². The fraction of sp³-hybridized carbons (Fsp3) is 0.417. The van der Waals surface area contributed by atoms with Crippen molar-refractivity contribution in [1.29, 1.82) is 0 Å². The number of anilines is 1. The average molecular weight is 504 g/mol. The molecule has 11 heteroatoms. The molecule has 35 heavy (non-hydrogen) atoms. The number of nitrogens with zero attached hydrogens (tertiary/aromatic N) is 4. The number of imidazole rings is 1. The average Bonchev–Trinajstić information content (AvgIpc) is 3.08. The third kappa shape index (κ3) is 5.75. The Kier molecular flexibility index (Phi) is 8.04. The molecule has 0 aliphatic carbocycles. The summed E-state index contributed by atoms with van der Waals surface area (Å²) in [7, 11) is 2.86. The van der Waals surface area contributed by atoms with E-state index in [0.717, 1.165) is 16.6 Å². The van der Waals surface area contributed by atoms with E-state index in [0.29, 0.717) is 29.4 Å². The predicted octanol–water partition coefficient (Wildman–Crippen LogP) is 2.08. The molecule has 3 aromatic rings. The van der Waals surface area contributed by atoms with Crippen LogP contribution in [0.3, 0.4) is 0 Å². The molecule has 0 atom stereocenters. The van der Waals surface area contributed by atoms with E-state index in [2.05, 4.69) is 4.98 Å². The number of aromatic nitrogens is 2. The van der Waals surface area contributed by atoms with E-state index in [9.17, 15) is 13.2 Å². The van der Waals surface area contributed by atoms with Gasteiger partial charge >= 0.3 is 0 Å². The van der Waals surface area contributed by atoms with Gasteiger partial charge in [0.2, 0.25) is 21.9 Å². The highest BCUT2D eigenvalue weighted by molar-refractivity contribution is 7.89. The van der Waals surface area contributed by atoms with Crippen molar-refractivity contribution >= 4 is 32.9 Å². The number of aryl methyl sites for hydroxylation is 3. The van der Waals surface area contributed by atoms with Crippen molar-refractivity contribution in [3.8, 4) is 5.75 Å². The van der Waals surface area contributed by atoms with Crippen LogP contribution in [-0.2, 0) is 33.1 Å². The fourth-order valence-corrected chi connectivity index (χ4v) is 5.45. The molecule has 1 aromatic heterocycles. The van der Waals surface area contributed by atoms with Crippen LogP contribution in [0.15, 0.2) is 35.2 Å². The summed E-state index contributed by atoms with van der Waals surface area (Å²) in [5.74, 6) is 0.832. The van der Waals surface area contributed by atoms with E-state index in [4.69, 9.17) is 15.2 Å². The summed E-state index contributed by atoms with van der Waals surface area (Å²) in [6.07, 6.45) is 0. The second-order valence-electron chi connectivity index (χ2n) is 8.57. The molecule has 2 N–H and O–H groups in total. The predicted molar refractivity (Wildman–Crippen MR) is 135 cm³/mol. The van der Waals surface area contributed by atoms with Crippen molar-refractivity contribution in [3.63, 3.8) is 0 Å². The van der Waals surface area contributed by atoms with Gasteiger partial charge in [-0.3, -0.25) is 4.79 Å². The van der Waals surface area contributed by atoms with Gasteiger partial charge in [0, 0.05) is 34.2 Å². The maximum absolute atomic E-state index is 13.1. The van der Waals surface area contributed by atoms with Gasteiger partial charge in [0.25, 0.3) is 0 Å². The van der Waals surface area contributed by atoms with Gasteiger partial charge in [-0.1, -0.05) is 6.07 Å². The maximum atomic E-state index is 13.1. The first-order valence-corrected chi connectivity index (χ1v) is 12.5. The van der Waals surface area contributed by atoms with Crippen LogP contribution in [0.5, 0.6) is 5.75 Å². The standard InChI is InChI=1S/C24H33N5O5S/c1-16-11-19(33-6)12-17(2)23(16)35(31,32)28(4)9-10-34-15-22(30)27(3)14-18-7-8-20-21(13-18)29(5)24(25)26-20/h7-8,11-13H,9-10,14-15H2,1-6H3,(H2,25,26). The first-order chi connectivity index (χ1) is 16.4. The maximum Gasteiger partial charge on any atom is 0.248 e. The lowest BCUT2D eigenvalue weighted by Gasteiger charge is -2.21. The minimum atomic E-state index is -3.72. The highest BCUT2D eigenvalue weighted by Crippen LogP contribution is 2.27. The normalized spacial score (nSPS) is 11.9. The Bertz CT molecular complexity index is 1310. The third-order valence-corrected chi connectivity index (χ3v) is 8.10. The molecule has 0 fully saturated rings. The van der Waals surface area contributed by atoms with Gasteiger partial charge in [0.1, 0.15) is 12.4 Å². The van der Waals surface area contributed by atoms with E-state index < -0.39 is 10.0 Å². The zero-order valence-corrected chi connectivity index (χ0v) is 21.8. The minimum Gasteiger partial charge on any atom is -0.497 e. The van der Waals surface area contributed by atoms with Crippen LogP contribution in [0, 0.1) is 13.8 Å². The zero-order chi connectivity index (χ0) is 25.9. The number of nitrogen functional groups attached to an aromatic ring is 1. The molecule has 1 amide bonds. The molecular formula is C24H33N5O5S. The Hall–Kier alpha value is -3.15. The zero-order valence-electron chi connectivity index (χ0n) is 21.0. The van der Waals surface area contributed by atoms with E-state index in [-0.39, 0.29) is 30.6 Å². The lowest BCUT2D eigenvalue weighted by Crippen LogP contribution is -2.33. The topological polar surface area (TPSA) is 120 Å². The molecule has 10 nitrogen and oxygen atoms in total. The number of ether oxygens (including phenoxy) is 2. The molecule has 0 aliphatic heterocycles. The Balaban J connectivity index is 1.53. The molecule has 0 aliphatic rings. The van der Waals surface area contributed by atoms with Crippen molar-refractivity contribution in [1.82, 2.24) is 18.8 Å². The van der Waals surface area contributed by atoms with Gasteiger partial charge in [-0.15, -0.1) is 0 Å². The van der Waals surface area contributed by atoms with Crippen LogP contribution in [-0.4, -0.2) is 74.0 Å². The van der Waals surface area contributed by atoms with Gasteiger partial charge < -0.3 is 24.7 Å². The molecule has 0 bridgehead atoms. The largest absolute Gasteiger partial charge is 0.497 e. The number of nitrogens with two attached hydrogens (primary N) is 1. The Morgan fingerprint density at radius 3 is 2.43 bits per heavy atom. The van der Waals surface area contributed by atoms with E-state index in [1.807, 2.05) is 25.2 Å². The number of likely N-dealkylation sites (N-methyl/N-ethyl adjacent to an activating group) is 2. The first-order valence-electron chi connectivity index (χ1n) is 11.1. The first kappa shape index (κ1) is 26.5. The molecule has 190 valence electrons.